The standard InChI is InChI=1S/C20H22BrNOSi/c1-24(2,3)15-13-16-8-4-6-10-18(16)20(23)22-14-12-17-9-5-7-11-19(17)21/h4-11H,12,14H2,1-3H3,(H,22,23). The lowest BCUT2D eigenvalue weighted by Crippen LogP contribution is -2.26. The number of hydrogen-bond donors (Lipinski definition) is 1. The van der Waals surface area contributed by atoms with Crippen molar-refractivity contribution >= 4 is 29.9 Å². The zero-order chi connectivity index (χ0) is 17.6. The van der Waals surface area contributed by atoms with Crippen LogP contribution >= 0.6 is 15.9 Å². The largest absolute Gasteiger partial charge is 0.352 e. The second kappa shape index (κ2) is 8.32. The third kappa shape index (κ3) is 5.66. The highest BCUT2D eigenvalue weighted by Gasteiger charge is 2.11. The Morgan fingerprint density at radius 1 is 1.08 bits per heavy atom. The van der Waals surface area contributed by atoms with Gasteiger partial charge < -0.3 is 5.32 Å². The number of benzene rings is 2. The van der Waals surface area contributed by atoms with Gasteiger partial charge in [0.2, 0.25) is 0 Å². The van der Waals surface area contributed by atoms with Crippen LogP contribution in [0.25, 0.3) is 0 Å². The second-order valence-corrected chi connectivity index (χ2v) is 12.2. The van der Waals surface area contributed by atoms with Crippen molar-refractivity contribution in [3.05, 3.63) is 69.7 Å². The molecule has 0 atom stereocenters. The molecule has 0 aromatic heterocycles. The van der Waals surface area contributed by atoms with E-state index in [-0.39, 0.29) is 5.91 Å². The number of carbonyl (C=O) groups excluding carboxylic acids is 1. The van der Waals surface area contributed by atoms with E-state index in [1.165, 1.54) is 5.56 Å². The number of rotatable bonds is 4. The van der Waals surface area contributed by atoms with E-state index in [0.29, 0.717) is 12.1 Å². The van der Waals surface area contributed by atoms with Gasteiger partial charge in [-0.3, -0.25) is 4.79 Å². The van der Waals surface area contributed by atoms with E-state index in [0.717, 1.165) is 16.5 Å². The molecule has 0 radical (unpaired) electrons. The Balaban J connectivity index is 2.05. The van der Waals surface area contributed by atoms with Gasteiger partial charge in [-0.15, -0.1) is 5.54 Å². The summed E-state index contributed by atoms with van der Waals surface area (Å²) in [5.41, 5.74) is 5.96. The van der Waals surface area contributed by atoms with Crippen LogP contribution < -0.4 is 5.32 Å². The van der Waals surface area contributed by atoms with Crippen molar-refractivity contribution in [2.24, 2.45) is 0 Å². The lowest BCUT2D eigenvalue weighted by Gasteiger charge is -2.09. The van der Waals surface area contributed by atoms with Gasteiger partial charge in [0.05, 0.1) is 5.56 Å². The predicted molar refractivity (Wildman–Crippen MR) is 107 cm³/mol. The summed E-state index contributed by atoms with van der Waals surface area (Å²) >= 11 is 3.53. The van der Waals surface area contributed by atoms with Gasteiger partial charge >= 0.3 is 0 Å². The van der Waals surface area contributed by atoms with Gasteiger partial charge in [0.15, 0.2) is 0 Å². The zero-order valence-electron chi connectivity index (χ0n) is 14.3. The van der Waals surface area contributed by atoms with Crippen molar-refractivity contribution < 1.29 is 4.79 Å². The highest BCUT2D eigenvalue weighted by atomic mass is 79.9. The van der Waals surface area contributed by atoms with Crippen LogP contribution in [0.5, 0.6) is 0 Å². The molecule has 0 fully saturated rings. The summed E-state index contributed by atoms with van der Waals surface area (Å²) in [5.74, 6) is 3.13. The molecule has 124 valence electrons. The Bertz CT molecular complexity index is 784. The van der Waals surface area contributed by atoms with E-state index < -0.39 is 8.07 Å². The molecule has 0 saturated carbocycles. The average molecular weight is 400 g/mol. The first-order chi connectivity index (χ1) is 11.4. The zero-order valence-corrected chi connectivity index (χ0v) is 16.9. The molecule has 2 aromatic rings. The fraction of sp³-hybridized carbons (Fsp3) is 0.250. The van der Waals surface area contributed by atoms with Gasteiger partial charge in [-0.25, -0.2) is 0 Å². The van der Waals surface area contributed by atoms with E-state index in [1.807, 2.05) is 42.5 Å². The van der Waals surface area contributed by atoms with Crippen LogP contribution in [0.15, 0.2) is 53.0 Å². The van der Waals surface area contributed by atoms with Gasteiger partial charge in [0, 0.05) is 16.6 Å². The first-order valence-electron chi connectivity index (χ1n) is 8.00. The maximum absolute atomic E-state index is 12.5. The van der Waals surface area contributed by atoms with Crippen molar-refractivity contribution in [3.8, 4) is 11.5 Å². The minimum Gasteiger partial charge on any atom is -0.352 e. The molecule has 0 saturated heterocycles. The third-order valence-corrected chi connectivity index (χ3v) is 5.03. The van der Waals surface area contributed by atoms with Crippen molar-refractivity contribution in [2.75, 3.05) is 6.54 Å². The predicted octanol–water partition coefficient (Wildman–Crippen LogP) is 4.65. The molecule has 0 heterocycles. The normalized spacial score (nSPS) is 10.7. The fourth-order valence-electron chi connectivity index (χ4n) is 2.15. The van der Waals surface area contributed by atoms with Gasteiger partial charge in [-0.1, -0.05) is 71.8 Å². The Morgan fingerprint density at radius 2 is 1.75 bits per heavy atom. The van der Waals surface area contributed by atoms with Crippen LogP contribution in [0.2, 0.25) is 19.6 Å². The van der Waals surface area contributed by atoms with E-state index in [4.69, 9.17) is 0 Å². The molecule has 4 heteroatoms. The molecule has 0 aliphatic carbocycles. The van der Waals surface area contributed by atoms with Crippen LogP contribution in [-0.4, -0.2) is 20.5 Å². The van der Waals surface area contributed by atoms with Gasteiger partial charge in [0.1, 0.15) is 8.07 Å². The highest BCUT2D eigenvalue weighted by molar-refractivity contribution is 9.10. The molecule has 1 N–H and O–H groups in total. The molecule has 2 rings (SSSR count). The topological polar surface area (TPSA) is 29.1 Å². The van der Waals surface area contributed by atoms with Crippen molar-refractivity contribution in [1.82, 2.24) is 5.32 Å². The number of halogens is 1. The smallest absolute Gasteiger partial charge is 0.252 e. The third-order valence-electron chi connectivity index (χ3n) is 3.38. The molecule has 0 bridgehead atoms. The Hall–Kier alpha value is -1.83. The van der Waals surface area contributed by atoms with Crippen LogP contribution in [0.4, 0.5) is 0 Å². The molecule has 0 unspecified atom stereocenters. The number of carbonyl (C=O) groups is 1. The first kappa shape index (κ1) is 18.5. The summed E-state index contributed by atoms with van der Waals surface area (Å²) < 4.78 is 1.07. The van der Waals surface area contributed by atoms with Crippen molar-refractivity contribution in [3.63, 3.8) is 0 Å². The average Bonchev–Trinajstić information content (AvgIpc) is 2.54. The first-order valence-corrected chi connectivity index (χ1v) is 12.3. The van der Waals surface area contributed by atoms with E-state index in [1.54, 1.807) is 0 Å². The fourth-order valence-corrected chi connectivity index (χ4v) is 3.14. The molecule has 0 aliphatic heterocycles. The summed E-state index contributed by atoms with van der Waals surface area (Å²) in [5, 5.41) is 3.00. The van der Waals surface area contributed by atoms with Crippen LogP contribution in [0, 0.1) is 11.5 Å². The molecule has 2 nitrogen and oxygen atoms in total. The summed E-state index contributed by atoms with van der Waals surface area (Å²) in [7, 11) is -1.47. The number of amides is 1. The Morgan fingerprint density at radius 3 is 2.46 bits per heavy atom. The SMILES string of the molecule is C[Si](C)(C)C#Cc1ccccc1C(=O)NCCc1ccccc1Br. The summed E-state index contributed by atoms with van der Waals surface area (Å²) in [6.45, 7) is 7.18. The number of hydrogen-bond acceptors (Lipinski definition) is 1. The monoisotopic (exact) mass is 399 g/mol. The quantitative estimate of drug-likeness (QED) is 0.588. The molecule has 0 spiro atoms. The van der Waals surface area contributed by atoms with Crippen molar-refractivity contribution in [1.29, 1.82) is 0 Å². The molecule has 1 amide bonds. The Labute approximate surface area is 153 Å². The van der Waals surface area contributed by atoms with Crippen molar-refractivity contribution in [2.45, 2.75) is 26.1 Å². The number of nitrogens with one attached hydrogen (secondary N) is 1. The van der Waals surface area contributed by atoms with Crippen LogP contribution in [-0.2, 0) is 6.42 Å². The van der Waals surface area contributed by atoms with Gasteiger partial charge in [0.25, 0.3) is 5.91 Å². The Kier molecular flexibility index (Phi) is 6.41. The minimum atomic E-state index is -1.47. The lowest BCUT2D eigenvalue weighted by atomic mass is 10.1. The van der Waals surface area contributed by atoms with Crippen LogP contribution in [0.3, 0.4) is 0 Å². The molecular weight excluding hydrogens is 378 g/mol. The summed E-state index contributed by atoms with van der Waals surface area (Å²) in [6.07, 6.45) is 0.788. The maximum Gasteiger partial charge on any atom is 0.252 e. The van der Waals surface area contributed by atoms with E-state index >= 15 is 0 Å². The lowest BCUT2D eigenvalue weighted by molar-refractivity contribution is 0.0954. The van der Waals surface area contributed by atoms with E-state index in [9.17, 15) is 4.79 Å². The maximum atomic E-state index is 12.5. The van der Waals surface area contributed by atoms with E-state index in [2.05, 4.69) is 58.4 Å². The molecule has 0 aliphatic rings. The van der Waals surface area contributed by atoms with Gasteiger partial charge in [-0.2, -0.15) is 0 Å². The highest BCUT2D eigenvalue weighted by Crippen LogP contribution is 2.16. The minimum absolute atomic E-state index is 0.0671. The second-order valence-electron chi connectivity index (χ2n) is 6.64. The molecular formula is C20H22BrNOSi. The molecule has 24 heavy (non-hydrogen) atoms. The summed E-state index contributed by atoms with van der Waals surface area (Å²) in [6, 6.07) is 15.6. The van der Waals surface area contributed by atoms with Crippen LogP contribution in [0.1, 0.15) is 21.5 Å². The molecule has 2 aromatic carbocycles. The van der Waals surface area contributed by atoms with Gasteiger partial charge in [-0.05, 0) is 30.2 Å². The summed E-state index contributed by atoms with van der Waals surface area (Å²) in [4.78, 5) is 12.5.